The van der Waals surface area contributed by atoms with Crippen LogP contribution in [-0.2, 0) is 5.72 Å². The lowest BCUT2D eigenvalue weighted by Gasteiger charge is -2.20. The van der Waals surface area contributed by atoms with Gasteiger partial charge in [-0.15, -0.1) is 0 Å². The molecule has 0 aromatic heterocycles. The van der Waals surface area contributed by atoms with Crippen LogP contribution in [0.2, 0.25) is 0 Å². The molecule has 0 amide bonds. The fraction of sp³-hybridized carbons (Fsp3) is 0.160. The minimum absolute atomic E-state index is 0.565. The smallest absolute Gasteiger partial charge is 0.307 e. The van der Waals surface area contributed by atoms with Crippen LogP contribution >= 0.6 is 11.8 Å². The molecule has 2 N–H and O–H groups in total. The van der Waals surface area contributed by atoms with E-state index in [0.717, 1.165) is 27.7 Å². The molecular formula is C25H25N2OS+. The predicted octanol–water partition coefficient (Wildman–Crippen LogP) is 5.65. The van der Waals surface area contributed by atoms with Gasteiger partial charge in [0.05, 0.1) is 5.56 Å². The Morgan fingerprint density at radius 1 is 0.966 bits per heavy atom. The zero-order chi connectivity index (χ0) is 20.3. The summed E-state index contributed by atoms with van der Waals surface area (Å²) in [7, 11) is 0. The minimum atomic E-state index is -1.09. The van der Waals surface area contributed by atoms with Gasteiger partial charge in [0.1, 0.15) is 5.75 Å². The third kappa shape index (κ3) is 4.14. The molecule has 1 atom stereocenters. The number of nitrogens with one attached hydrogen (secondary N) is 1. The predicted molar refractivity (Wildman–Crippen MR) is 123 cm³/mol. The summed E-state index contributed by atoms with van der Waals surface area (Å²) < 4.78 is 2.04. The van der Waals surface area contributed by atoms with E-state index in [4.69, 9.17) is 0 Å². The maximum absolute atomic E-state index is 11.7. The van der Waals surface area contributed by atoms with Gasteiger partial charge in [0.15, 0.2) is 0 Å². The van der Waals surface area contributed by atoms with Crippen LogP contribution in [0.15, 0.2) is 96.7 Å². The Labute approximate surface area is 176 Å². The maximum Gasteiger partial charge on any atom is 0.307 e. The van der Waals surface area contributed by atoms with Crippen molar-refractivity contribution in [2.75, 3.05) is 11.1 Å². The highest BCUT2D eigenvalue weighted by Crippen LogP contribution is 2.39. The van der Waals surface area contributed by atoms with Crippen LogP contribution in [0.25, 0.3) is 0 Å². The Morgan fingerprint density at radius 3 is 2.24 bits per heavy atom. The number of allylic oxidation sites excluding steroid dienone is 1. The van der Waals surface area contributed by atoms with Gasteiger partial charge < -0.3 is 10.4 Å². The fourth-order valence-corrected chi connectivity index (χ4v) is 4.80. The number of hydrogen-bond acceptors (Lipinski definition) is 3. The van der Waals surface area contributed by atoms with Gasteiger partial charge in [0.2, 0.25) is 10.7 Å². The second kappa shape index (κ2) is 8.27. The van der Waals surface area contributed by atoms with E-state index >= 15 is 0 Å². The van der Waals surface area contributed by atoms with Crippen molar-refractivity contribution in [3.8, 4) is 0 Å². The Hall–Kier alpha value is -2.82. The topological polar surface area (TPSA) is 35.3 Å². The van der Waals surface area contributed by atoms with Gasteiger partial charge in [-0.2, -0.15) is 4.58 Å². The van der Waals surface area contributed by atoms with Gasteiger partial charge in [-0.1, -0.05) is 54.1 Å². The molecule has 3 nitrogen and oxygen atoms in total. The van der Waals surface area contributed by atoms with Crippen molar-refractivity contribution in [2.45, 2.75) is 19.6 Å². The molecule has 4 rings (SSSR count). The van der Waals surface area contributed by atoms with Crippen LogP contribution in [0.5, 0.6) is 0 Å². The SMILES string of the molecule is C/C(=C\C1=[N+](c2ccccc2)C(O)(c2ccccc2)CS1)Nc1ccc(C)cc1. The summed E-state index contributed by atoms with van der Waals surface area (Å²) in [4.78, 5) is 0. The van der Waals surface area contributed by atoms with E-state index in [2.05, 4.69) is 49.5 Å². The molecule has 0 aliphatic carbocycles. The molecule has 0 fully saturated rings. The van der Waals surface area contributed by atoms with E-state index in [-0.39, 0.29) is 0 Å². The molecule has 1 unspecified atom stereocenters. The summed E-state index contributed by atoms with van der Waals surface area (Å²) in [6.07, 6.45) is 2.11. The van der Waals surface area contributed by atoms with Crippen molar-refractivity contribution in [3.63, 3.8) is 0 Å². The number of benzene rings is 3. The first-order valence-electron chi connectivity index (χ1n) is 9.71. The molecule has 4 heteroatoms. The van der Waals surface area contributed by atoms with Crippen LogP contribution in [0.3, 0.4) is 0 Å². The number of thioether (sulfide) groups is 1. The van der Waals surface area contributed by atoms with E-state index in [9.17, 15) is 5.11 Å². The first-order valence-corrected chi connectivity index (χ1v) is 10.7. The van der Waals surface area contributed by atoms with Gasteiger partial charge in [0, 0.05) is 29.6 Å². The van der Waals surface area contributed by atoms with Crippen LogP contribution < -0.4 is 5.32 Å². The average Bonchev–Trinajstić information content (AvgIpc) is 3.08. The summed E-state index contributed by atoms with van der Waals surface area (Å²) >= 11 is 1.66. The lowest BCUT2D eigenvalue weighted by molar-refractivity contribution is -0.592. The molecule has 1 aliphatic heterocycles. The normalized spacial score (nSPS) is 19.5. The van der Waals surface area contributed by atoms with Gasteiger partial charge >= 0.3 is 5.72 Å². The van der Waals surface area contributed by atoms with Crippen LogP contribution in [0.1, 0.15) is 18.1 Å². The highest BCUT2D eigenvalue weighted by molar-refractivity contribution is 8.14. The summed E-state index contributed by atoms with van der Waals surface area (Å²) in [6, 6.07) is 28.3. The summed E-state index contributed by atoms with van der Waals surface area (Å²) in [5, 5.41) is 16.2. The number of para-hydroxylation sites is 1. The average molecular weight is 402 g/mol. The second-order valence-electron chi connectivity index (χ2n) is 7.30. The molecule has 0 saturated heterocycles. The Morgan fingerprint density at radius 2 is 1.59 bits per heavy atom. The largest absolute Gasteiger partial charge is 0.359 e. The molecule has 29 heavy (non-hydrogen) atoms. The van der Waals surface area contributed by atoms with Crippen molar-refractivity contribution >= 4 is 28.2 Å². The molecule has 1 heterocycles. The quantitative estimate of drug-likeness (QED) is 0.543. The van der Waals surface area contributed by atoms with E-state index in [0.29, 0.717) is 5.75 Å². The van der Waals surface area contributed by atoms with Gasteiger partial charge in [-0.25, -0.2) is 0 Å². The highest BCUT2D eigenvalue weighted by atomic mass is 32.2. The standard InChI is InChI=1S/C25H24N2OS/c1-19-13-15-22(16-14-19)26-20(2)17-24-27(23-11-7-4-8-12-23)25(28,18-29-24)21-9-5-3-6-10-21/h3-17,28H,18H2,1-2H3/p+1. The third-order valence-electron chi connectivity index (χ3n) is 5.00. The molecular weight excluding hydrogens is 376 g/mol. The monoisotopic (exact) mass is 401 g/mol. The van der Waals surface area contributed by atoms with Crippen molar-refractivity contribution in [1.29, 1.82) is 0 Å². The zero-order valence-electron chi connectivity index (χ0n) is 16.7. The van der Waals surface area contributed by atoms with Crippen molar-refractivity contribution < 1.29 is 9.68 Å². The van der Waals surface area contributed by atoms with E-state index in [1.165, 1.54) is 5.56 Å². The minimum Gasteiger partial charge on any atom is -0.359 e. The fourth-order valence-electron chi connectivity index (χ4n) is 3.51. The van der Waals surface area contributed by atoms with E-state index in [1.54, 1.807) is 11.8 Å². The number of hydrogen-bond donors (Lipinski definition) is 2. The zero-order valence-corrected chi connectivity index (χ0v) is 17.5. The van der Waals surface area contributed by atoms with Crippen LogP contribution in [0, 0.1) is 6.92 Å². The van der Waals surface area contributed by atoms with Crippen LogP contribution in [0.4, 0.5) is 11.4 Å². The first kappa shape index (κ1) is 19.5. The van der Waals surface area contributed by atoms with Crippen LogP contribution in [-0.4, -0.2) is 20.5 Å². The molecule has 3 aromatic rings. The van der Waals surface area contributed by atoms with Gasteiger partial charge in [-0.05, 0) is 49.9 Å². The number of nitrogens with zero attached hydrogens (tertiary/aromatic N) is 1. The summed E-state index contributed by atoms with van der Waals surface area (Å²) in [5.41, 5.74) is 4.08. The lowest BCUT2D eigenvalue weighted by Crippen LogP contribution is -2.36. The number of anilines is 1. The molecule has 146 valence electrons. The summed E-state index contributed by atoms with van der Waals surface area (Å²) in [5.74, 6) is 0.565. The molecule has 0 spiro atoms. The molecule has 1 aliphatic rings. The molecule has 0 radical (unpaired) electrons. The maximum atomic E-state index is 11.7. The van der Waals surface area contributed by atoms with Crippen molar-refractivity contribution in [2.24, 2.45) is 0 Å². The number of rotatable bonds is 5. The molecule has 0 saturated carbocycles. The third-order valence-corrected chi connectivity index (χ3v) is 6.14. The Balaban J connectivity index is 1.75. The van der Waals surface area contributed by atoms with Crippen molar-refractivity contribution in [3.05, 3.63) is 108 Å². The first-order chi connectivity index (χ1) is 14.1. The number of aryl methyl sites for hydroxylation is 1. The summed E-state index contributed by atoms with van der Waals surface area (Å²) in [6.45, 7) is 4.14. The van der Waals surface area contributed by atoms with Gasteiger partial charge in [-0.3, -0.25) is 0 Å². The van der Waals surface area contributed by atoms with Crippen molar-refractivity contribution in [1.82, 2.24) is 0 Å². The second-order valence-corrected chi connectivity index (χ2v) is 8.29. The van der Waals surface area contributed by atoms with Gasteiger partial charge in [0.25, 0.3) is 0 Å². The van der Waals surface area contributed by atoms with E-state index < -0.39 is 5.72 Å². The molecule has 3 aromatic carbocycles. The number of aliphatic hydroxyl groups is 1. The molecule has 0 bridgehead atoms. The highest BCUT2D eigenvalue weighted by Gasteiger charge is 2.50. The lowest BCUT2D eigenvalue weighted by atomic mass is 10.0. The Bertz CT molecular complexity index is 1040. The Kier molecular flexibility index (Phi) is 5.56. The van der Waals surface area contributed by atoms with E-state index in [1.807, 2.05) is 65.2 Å².